The molecule has 2 aromatic rings. The first-order valence-electron chi connectivity index (χ1n) is 7.10. The Balaban J connectivity index is 2.21. The van der Waals surface area contributed by atoms with Gasteiger partial charge in [0.2, 0.25) is 0 Å². The normalized spacial score (nSPS) is 10.4. The minimum atomic E-state index is 0.510. The maximum absolute atomic E-state index is 5.87. The second-order valence-corrected chi connectivity index (χ2v) is 4.99. The summed E-state index contributed by atoms with van der Waals surface area (Å²) >= 11 is 0. The Morgan fingerprint density at radius 2 is 2.00 bits per heavy atom. The van der Waals surface area contributed by atoms with Gasteiger partial charge in [0.15, 0.2) is 0 Å². The Labute approximate surface area is 125 Å². The van der Waals surface area contributed by atoms with E-state index < -0.39 is 0 Å². The van der Waals surface area contributed by atoms with Gasteiger partial charge in [0, 0.05) is 31.6 Å². The van der Waals surface area contributed by atoms with Gasteiger partial charge in [-0.2, -0.15) is 0 Å². The average Bonchev–Trinajstić information content (AvgIpc) is 2.47. The number of aromatic nitrogens is 2. The number of nitrogens with zero attached hydrogens (tertiary/aromatic N) is 3. The van der Waals surface area contributed by atoms with Crippen LogP contribution in [0.1, 0.15) is 24.7 Å². The number of hydrogen-bond acceptors (Lipinski definition) is 5. The summed E-state index contributed by atoms with van der Waals surface area (Å²) < 4.78 is 5.38. The summed E-state index contributed by atoms with van der Waals surface area (Å²) in [5, 5.41) is 0. The first kappa shape index (κ1) is 15.1. The van der Waals surface area contributed by atoms with Crippen molar-refractivity contribution in [3.05, 3.63) is 41.7 Å². The van der Waals surface area contributed by atoms with Crippen molar-refractivity contribution < 1.29 is 4.74 Å². The largest absolute Gasteiger partial charge is 0.496 e. The highest BCUT2D eigenvalue weighted by Gasteiger charge is 2.10. The van der Waals surface area contributed by atoms with E-state index in [0.29, 0.717) is 12.4 Å². The third-order valence-electron chi connectivity index (χ3n) is 3.24. The van der Waals surface area contributed by atoms with Crippen molar-refractivity contribution in [1.29, 1.82) is 0 Å². The summed E-state index contributed by atoms with van der Waals surface area (Å²) in [6.45, 7) is 2.80. The van der Waals surface area contributed by atoms with Gasteiger partial charge in [-0.25, -0.2) is 9.97 Å². The summed E-state index contributed by atoms with van der Waals surface area (Å²) in [7, 11) is 3.67. The van der Waals surface area contributed by atoms with Gasteiger partial charge >= 0.3 is 0 Å². The average molecular weight is 286 g/mol. The number of anilines is 2. The summed E-state index contributed by atoms with van der Waals surface area (Å²) in [6.07, 6.45) is 1.83. The minimum Gasteiger partial charge on any atom is -0.496 e. The van der Waals surface area contributed by atoms with Gasteiger partial charge in [-0.05, 0) is 12.5 Å². The van der Waals surface area contributed by atoms with Crippen LogP contribution in [0.3, 0.4) is 0 Å². The standard InChI is InChI=1S/C16H22N4O/c1-4-7-15-18-14(17)10-16(19-15)20(2)11-12-8-5-6-9-13(12)21-3/h5-6,8-10H,4,7,11H2,1-3H3,(H2,17,18,19). The van der Waals surface area contributed by atoms with Crippen molar-refractivity contribution in [2.24, 2.45) is 0 Å². The van der Waals surface area contributed by atoms with Crippen molar-refractivity contribution in [3.63, 3.8) is 0 Å². The molecule has 5 heteroatoms. The van der Waals surface area contributed by atoms with Crippen molar-refractivity contribution in [1.82, 2.24) is 9.97 Å². The highest BCUT2D eigenvalue weighted by atomic mass is 16.5. The first-order valence-corrected chi connectivity index (χ1v) is 7.10. The molecule has 0 saturated heterocycles. The van der Waals surface area contributed by atoms with Crippen LogP contribution in [0.15, 0.2) is 30.3 Å². The Kier molecular flexibility index (Phi) is 4.98. The van der Waals surface area contributed by atoms with E-state index in [-0.39, 0.29) is 0 Å². The number of para-hydroxylation sites is 1. The van der Waals surface area contributed by atoms with Crippen LogP contribution in [0.4, 0.5) is 11.6 Å². The lowest BCUT2D eigenvalue weighted by atomic mass is 10.2. The van der Waals surface area contributed by atoms with Gasteiger partial charge < -0.3 is 15.4 Å². The molecular formula is C16H22N4O. The molecule has 1 heterocycles. The van der Waals surface area contributed by atoms with Crippen molar-refractivity contribution in [3.8, 4) is 5.75 Å². The zero-order valence-corrected chi connectivity index (χ0v) is 12.8. The predicted octanol–water partition coefficient (Wildman–Crippen LogP) is 2.66. The Hall–Kier alpha value is -2.30. The van der Waals surface area contributed by atoms with Crippen LogP contribution in [0.2, 0.25) is 0 Å². The summed E-state index contributed by atoms with van der Waals surface area (Å²) in [5.41, 5.74) is 6.98. The van der Waals surface area contributed by atoms with Crippen LogP contribution in [-0.2, 0) is 13.0 Å². The van der Waals surface area contributed by atoms with Crippen LogP contribution in [0, 0.1) is 0 Å². The topological polar surface area (TPSA) is 64.3 Å². The van der Waals surface area contributed by atoms with E-state index in [1.807, 2.05) is 31.3 Å². The van der Waals surface area contributed by atoms with Gasteiger partial charge in [-0.3, -0.25) is 0 Å². The molecule has 21 heavy (non-hydrogen) atoms. The molecule has 0 aliphatic carbocycles. The summed E-state index contributed by atoms with van der Waals surface area (Å²) in [4.78, 5) is 10.9. The molecule has 0 bridgehead atoms. The van der Waals surface area contributed by atoms with E-state index in [2.05, 4.69) is 21.8 Å². The molecule has 0 unspecified atom stereocenters. The molecule has 0 aliphatic heterocycles. The number of rotatable bonds is 6. The van der Waals surface area contributed by atoms with E-state index in [1.54, 1.807) is 13.2 Å². The van der Waals surface area contributed by atoms with Gasteiger partial charge in [0.05, 0.1) is 7.11 Å². The summed E-state index contributed by atoms with van der Waals surface area (Å²) in [6, 6.07) is 9.77. The number of aryl methyl sites for hydroxylation is 1. The molecule has 0 amide bonds. The van der Waals surface area contributed by atoms with E-state index in [1.165, 1.54) is 0 Å². The quantitative estimate of drug-likeness (QED) is 0.884. The van der Waals surface area contributed by atoms with Crippen LogP contribution in [-0.4, -0.2) is 24.1 Å². The molecule has 1 aromatic heterocycles. The van der Waals surface area contributed by atoms with Gasteiger partial charge in [-0.1, -0.05) is 25.1 Å². The minimum absolute atomic E-state index is 0.510. The molecule has 2 N–H and O–H groups in total. The molecule has 2 rings (SSSR count). The highest BCUT2D eigenvalue weighted by molar-refractivity contribution is 5.48. The van der Waals surface area contributed by atoms with Crippen LogP contribution in [0.5, 0.6) is 5.75 Å². The second-order valence-electron chi connectivity index (χ2n) is 4.99. The fourth-order valence-corrected chi connectivity index (χ4v) is 2.20. The Bertz CT molecular complexity index is 601. The number of benzene rings is 1. The maximum Gasteiger partial charge on any atom is 0.134 e. The molecule has 0 saturated carbocycles. The molecule has 0 fully saturated rings. The molecule has 0 atom stereocenters. The van der Waals surface area contributed by atoms with E-state index in [9.17, 15) is 0 Å². The third-order valence-corrected chi connectivity index (χ3v) is 3.24. The number of ether oxygens (including phenoxy) is 1. The number of methoxy groups -OCH3 is 1. The third kappa shape index (κ3) is 3.84. The second kappa shape index (κ2) is 6.92. The molecule has 0 aliphatic rings. The van der Waals surface area contributed by atoms with Crippen molar-refractivity contribution in [2.75, 3.05) is 24.8 Å². The predicted molar refractivity (Wildman–Crippen MR) is 85.5 cm³/mol. The number of nitrogen functional groups attached to an aromatic ring is 1. The zero-order valence-electron chi connectivity index (χ0n) is 12.8. The van der Waals surface area contributed by atoms with Gasteiger partial charge in [0.1, 0.15) is 23.2 Å². The van der Waals surface area contributed by atoms with E-state index in [0.717, 1.165) is 35.8 Å². The lowest BCUT2D eigenvalue weighted by Crippen LogP contribution is -2.19. The maximum atomic E-state index is 5.87. The van der Waals surface area contributed by atoms with Crippen LogP contribution < -0.4 is 15.4 Å². The zero-order chi connectivity index (χ0) is 15.2. The molecule has 5 nitrogen and oxygen atoms in total. The number of hydrogen-bond donors (Lipinski definition) is 1. The monoisotopic (exact) mass is 286 g/mol. The lowest BCUT2D eigenvalue weighted by Gasteiger charge is -2.20. The van der Waals surface area contributed by atoms with E-state index in [4.69, 9.17) is 10.5 Å². The van der Waals surface area contributed by atoms with Gasteiger partial charge in [0.25, 0.3) is 0 Å². The number of nitrogens with two attached hydrogens (primary N) is 1. The lowest BCUT2D eigenvalue weighted by molar-refractivity contribution is 0.409. The van der Waals surface area contributed by atoms with Crippen molar-refractivity contribution in [2.45, 2.75) is 26.3 Å². The van der Waals surface area contributed by atoms with Gasteiger partial charge in [-0.15, -0.1) is 0 Å². The first-order chi connectivity index (χ1) is 10.1. The Morgan fingerprint density at radius 3 is 2.71 bits per heavy atom. The SMILES string of the molecule is CCCc1nc(N)cc(N(C)Cc2ccccc2OC)n1. The fourth-order valence-electron chi connectivity index (χ4n) is 2.20. The van der Waals surface area contributed by atoms with Crippen molar-refractivity contribution >= 4 is 11.6 Å². The molecule has 112 valence electrons. The molecule has 0 radical (unpaired) electrons. The smallest absolute Gasteiger partial charge is 0.134 e. The molecular weight excluding hydrogens is 264 g/mol. The van der Waals surface area contributed by atoms with E-state index >= 15 is 0 Å². The fraction of sp³-hybridized carbons (Fsp3) is 0.375. The molecule has 0 spiro atoms. The van der Waals surface area contributed by atoms with Crippen LogP contribution >= 0.6 is 0 Å². The highest BCUT2D eigenvalue weighted by Crippen LogP contribution is 2.22. The Morgan fingerprint density at radius 1 is 1.24 bits per heavy atom. The molecule has 1 aromatic carbocycles. The summed E-state index contributed by atoms with van der Waals surface area (Å²) in [5.74, 6) is 3.01. The van der Waals surface area contributed by atoms with Crippen LogP contribution in [0.25, 0.3) is 0 Å².